The van der Waals surface area contributed by atoms with Gasteiger partial charge in [-0.1, -0.05) is 35.5 Å². The first kappa shape index (κ1) is 12.1. The van der Waals surface area contributed by atoms with Crippen LogP contribution < -0.4 is 0 Å². The third-order valence-corrected chi connectivity index (χ3v) is 2.85. The third kappa shape index (κ3) is 1.93. The highest BCUT2D eigenvalue weighted by molar-refractivity contribution is 6.11. The molecule has 0 atom stereocenters. The molecule has 2 aliphatic carbocycles. The standard InChI is InChI=1S/C14H13NO3/c1-9(15-17)12-8-13(14(16)18-2)11-7-5-3-4-6-10(11)12/h3-8,17H,1-2H3/b15-9+. The normalized spacial score (nSPS) is 11.6. The predicted molar refractivity (Wildman–Crippen MR) is 68.4 cm³/mol. The molecule has 0 aromatic heterocycles. The van der Waals surface area contributed by atoms with Crippen molar-refractivity contribution in [2.45, 2.75) is 6.92 Å². The summed E-state index contributed by atoms with van der Waals surface area (Å²) in [6, 6.07) is 11.0. The number of oxime groups is 1. The largest absolute Gasteiger partial charge is 0.465 e. The summed E-state index contributed by atoms with van der Waals surface area (Å²) in [4.78, 5) is 11.7. The van der Waals surface area contributed by atoms with Gasteiger partial charge in [0, 0.05) is 5.56 Å². The van der Waals surface area contributed by atoms with E-state index in [-0.39, 0.29) is 0 Å². The minimum absolute atomic E-state index is 0.400. The van der Waals surface area contributed by atoms with E-state index in [2.05, 4.69) is 5.16 Å². The van der Waals surface area contributed by atoms with Crippen molar-refractivity contribution >= 4 is 11.7 Å². The molecule has 0 aromatic rings. The summed E-state index contributed by atoms with van der Waals surface area (Å²) in [6.45, 7) is 1.68. The first-order valence-corrected chi connectivity index (χ1v) is 5.48. The smallest absolute Gasteiger partial charge is 0.338 e. The van der Waals surface area contributed by atoms with E-state index in [1.807, 2.05) is 30.3 Å². The molecule has 4 heteroatoms. The van der Waals surface area contributed by atoms with Crippen molar-refractivity contribution in [3.63, 3.8) is 0 Å². The summed E-state index contributed by atoms with van der Waals surface area (Å²) in [7, 11) is 1.34. The Morgan fingerprint density at radius 1 is 1.17 bits per heavy atom. The van der Waals surface area contributed by atoms with Gasteiger partial charge in [-0.25, -0.2) is 4.79 Å². The molecule has 92 valence electrons. The van der Waals surface area contributed by atoms with Crippen LogP contribution in [0.5, 0.6) is 0 Å². The summed E-state index contributed by atoms with van der Waals surface area (Å²) in [5.41, 5.74) is 3.30. The van der Waals surface area contributed by atoms with Gasteiger partial charge in [-0.2, -0.15) is 0 Å². The number of nitrogens with zero attached hydrogens (tertiary/aromatic N) is 1. The molecular weight excluding hydrogens is 230 g/mol. The number of fused-ring (bicyclic) bond motifs is 1. The van der Waals surface area contributed by atoms with Gasteiger partial charge in [-0.05, 0) is 24.1 Å². The molecule has 0 saturated carbocycles. The SMILES string of the molecule is COC(=O)c1cc(/C(C)=N/O)c2cccccc1-2. The number of ether oxygens (including phenoxy) is 1. The molecule has 2 aliphatic rings. The van der Waals surface area contributed by atoms with Gasteiger partial charge in [0.25, 0.3) is 0 Å². The maximum atomic E-state index is 11.7. The second kappa shape index (κ2) is 4.87. The van der Waals surface area contributed by atoms with Crippen molar-refractivity contribution < 1.29 is 14.7 Å². The number of methoxy groups -OCH3 is 1. The molecular formula is C14H13NO3. The Kier molecular flexibility index (Phi) is 3.28. The first-order chi connectivity index (χ1) is 8.69. The van der Waals surface area contributed by atoms with Gasteiger partial charge in [0.05, 0.1) is 18.4 Å². The highest BCUT2D eigenvalue weighted by Gasteiger charge is 2.21. The Balaban J connectivity index is 2.73. The van der Waals surface area contributed by atoms with E-state index in [1.165, 1.54) is 7.11 Å². The maximum Gasteiger partial charge on any atom is 0.338 e. The van der Waals surface area contributed by atoms with Crippen LogP contribution in [0.3, 0.4) is 0 Å². The topological polar surface area (TPSA) is 58.9 Å². The minimum atomic E-state index is -0.400. The van der Waals surface area contributed by atoms with Crippen molar-refractivity contribution in [1.29, 1.82) is 0 Å². The van der Waals surface area contributed by atoms with Gasteiger partial charge < -0.3 is 9.94 Å². The zero-order chi connectivity index (χ0) is 13.1. The molecule has 0 bridgehead atoms. The Hall–Kier alpha value is -2.36. The van der Waals surface area contributed by atoms with Crippen molar-refractivity contribution in [1.82, 2.24) is 0 Å². The second-order valence-corrected chi connectivity index (χ2v) is 3.89. The van der Waals surface area contributed by atoms with Crippen LogP contribution in [0, 0.1) is 0 Å². The lowest BCUT2D eigenvalue weighted by Gasteiger charge is -2.00. The number of carbonyl (C=O) groups is 1. The molecule has 0 unspecified atom stereocenters. The number of esters is 1. The van der Waals surface area contributed by atoms with Gasteiger partial charge in [0.1, 0.15) is 0 Å². The van der Waals surface area contributed by atoms with Gasteiger partial charge in [0.15, 0.2) is 0 Å². The lowest BCUT2D eigenvalue weighted by molar-refractivity contribution is 0.0602. The second-order valence-electron chi connectivity index (χ2n) is 3.89. The number of hydrogen-bond acceptors (Lipinski definition) is 4. The highest BCUT2D eigenvalue weighted by atomic mass is 16.5. The quantitative estimate of drug-likeness (QED) is 0.382. The van der Waals surface area contributed by atoms with Crippen LogP contribution in [0.25, 0.3) is 11.1 Å². The summed E-state index contributed by atoms with van der Waals surface area (Å²) in [6.07, 6.45) is 0. The fraction of sp³-hybridized carbons (Fsp3) is 0.143. The molecule has 0 heterocycles. The average Bonchev–Trinajstić information content (AvgIpc) is 2.59. The molecule has 0 fully saturated rings. The molecule has 18 heavy (non-hydrogen) atoms. The van der Waals surface area contributed by atoms with E-state index in [4.69, 9.17) is 9.94 Å². The fourth-order valence-electron chi connectivity index (χ4n) is 1.95. The number of carbonyl (C=O) groups excluding carboxylic acids is 1. The molecule has 0 spiro atoms. The molecule has 0 aromatic carbocycles. The summed E-state index contributed by atoms with van der Waals surface area (Å²) >= 11 is 0. The molecule has 1 N–H and O–H groups in total. The van der Waals surface area contributed by atoms with E-state index in [0.29, 0.717) is 11.3 Å². The van der Waals surface area contributed by atoms with Crippen LogP contribution in [0.4, 0.5) is 0 Å². The Bertz CT molecular complexity index is 590. The Morgan fingerprint density at radius 2 is 1.78 bits per heavy atom. The monoisotopic (exact) mass is 243 g/mol. The lowest BCUT2D eigenvalue weighted by atomic mass is 10.1. The van der Waals surface area contributed by atoms with E-state index in [0.717, 1.165) is 16.7 Å². The lowest BCUT2D eigenvalue weighted by Crippen LogP contribution is -2.00. The van der Waals surface area contributed by atoms with Crippen molar-refractivity contribution in [2.75, 3.05) is 7.11 Å². The van der Waals surface area contributed by atoms with Crippen LogP contribution in [0.2, 0.25) is 0 Å². The van der Waals surface area contributed by atoms with E-state index in [9.17, 15) is 4.79 Å². The first-order valence-electron chi connectivity index (χ1n) is 5.48. The summed E-state index contributed by atoms with van der Waals surface area (Å²) in [5.74, 6) is -0.400. The molecule has 0 amide bonds. The molecule has 0 aliphatic heterocycles. The van der Waals surface area contributed by atoms with Gasteiger partial charge >= 0.3 is 5.97 Å². The van der Waals surface area contributed by atoms with Crippen LogP contribution in [-0.2, 0) is 4.74 Å². The minimum Gasteiger partial charge on any atom is -0.465 e. The van der Waals surface area contributed by atoms with Gasteiger partial charge in [0.2, 0.25) is 0 Å². The van der Waals surface area contributed by atoms with Crippen LogP contribution in [0.1, 0.15) is 22.8 Å². The molecule has 4 nitrogen and oxygen atoms in total. The number of hydrogen-bond donors (Lipinski definition) is 1. The van der Waals surface area contributed by atoms with Crippen molar-refractivity contribution in [3.05, 3.63) is 47.5 Å². The number of rotatable bonds is 2. The highest BCUT2D eigenvalue weighted by Crippen LogP contribution is 2.32. The van der Waals surface area contributed by atoms with Crippen LogP contribution in [-0.4, -0.2) is 24.0 Å². The fourth-order valence-corrected chi connectivity index (χ4v) is 1.95. The van der Waals surface area contributed by atoms with Gasteiger partial charge in [-0.15, -0.1) is 0 Å². The van der Waals surface area contributed by atoms with E-state index >= 15 is 0 Å². The van der Waals surface area contributed by atoms with Crippen LogP contribution in [0.15, 0.2) is 41.6 Å². The maximum absolute atomic E-state index is 11.7. The molecule has 2 rings (SSSR count). The Morgan fingerprint density at radius 3 is 2.33 bits per heavy atom. The predicted octanol–water partition coefficient (Wildman–Crippen LogP) is 2.78. The van der Waals surface area contributed by atoms with Gasteiger partial charge in [-0.3, -0.25) is 0 Å². The molecule has 0 saturated heterocycles. The Labute approximate surface area is 105 Å². The zero-order valence-corrected chi connectivity index (χ0v) is 10.2. The van der Waals surface area contributed by atoms with Crippen molar-refractivity contribution in [3.8, 4) is 11.1 Å². The third-order valence-electron chi connectivity index (χ3n) is 2.85. The summed E-state index contributed by atoms with van der Waals surface area (Å²) in [5, 5.41) is 12.1. The van der Waals surface area contributed by atoms with Crippen molar-refractivity contribution in [2.24, 2.45) is 5.16 Å². The van der Waals surface area contributed by atoms with Crippen LogP contribution >= 0.6 is 0 Å². The molecule has 0 radical (unpaired) electrons. The summed E-state index contributed by atoms with van der Waals surface area (Å²) < 4.78 is 4.76. The average molecular weight is 243 g/mol. The van der Waals surface area contributed by atoms with E-state index < -0.39 is 5.97 Å². The van der Waals surface area contributed by atoms with E-state index in [1.54, 1.807) is 13.0 Å². The zero-order valence-electron chi connectivity index (χ0n) is 10.2.